The topological polar surface area (TPSA) is 102 Å². The number of carbonyl (C=O) groups excluding carboxylic acids is 3. The maximum Gasteiger partial charge on any atom is 0.410 e. The van der Waals surface area contributed by atoms with Crippen LogP contribution in [0.4, 0.5) is 10.5 Å². The summed E-state index contributed by atoms with van der Waals surface area (Å²) >= 11 is 0. The van der Waals surface area contributed by atoms with E-state index in [4.69, 9.17) is 10.5 Å². The summed E-state index contributed by atoms with van der Waals surface area (Å²) in [4.78, 5) is 38.9. The number of benzene rings is 1. The van der Waals surface area contributed by atoms with Gasteiger partial charge in [0.15, 0.2) is 0 Å². The molecule has 1 saturated heterocycles. The Morgan fingerprint density at radius 1 is 1.12 bits per heavy atom. The van der Waals surface area contributed by atoms with Gasteiger partial charge in [0.05, 0.1) is 12.1 Å². The highest BCUT2D eigenvalue weighted by atomic mass is 16.6. The lowest BCUT2D eigenvalue weighted by atomic mass is 10.1. The Morgan fingerprint density at radius 2 is 1.77 bits per heavy atom. The maximum atomic E-state index is 12.1. The lowest BCUT2D eigenvalue weighted by Gasteiger charge is -2.36. The Balaban J connectivity index is 1.97. The molecule has 1 aliphatic heterocycles. The molecule has 0 aliphatic carbocycles. The number of hydrogen-bond acceptors (Lipinski definition) is 7. The normalized spacial score (nSPS) is 14.8. The van der Waals surface area contributed by atoms with Crippen LogP contribution in [0.2, 0.25) is 0 Å². The largest absolute Gasteiger partial charge is 0.444 e. The molecule has 8 heteroatoms. The third-order valence-electron chi connectivity index (χ3n) is 3.75. The molecule has 142 valence electrons. The highest BCUT2D eigenvalue weighted by Gasteiger charge is 2.26. The molecular weight excluding hydrogens is 338 g/mol. The van der Waals surface area contributed by atoms with Gasteiger partial charge in [0.2, 0.25) is 0 Å². The summed E-state index contributed by atoms with van der Waals surface area (Å²) in [5.74, 6) is -1.50. The van der Waals surface area contributed by atoms with E-state index in [2.05, 4.69) is 9.64 Å². The quantitative estimate of drug-likeness (QED) is 0.639. The van der Waals surface area contributed by atoms with Gasteiger partial charge in [0, 0.05) is 31.9 Å². The summed E-state index contributed by atoms with van der Waals surface area (Å²) in [6.45, 7) is 7.42. The number of ether oxygens (including phenoxy) is 2. The number of nitrogens with zero attached hydrogens (tertiary/aromatic N) is 2. The number of amides is 1. The summed E-state index contributed by atoms with van der Waals surface area (Å²) in [7, 11) is 0. The van der Waals surface area contributed by atoms with Crippen molar-refractivity contribution in [1.82, 2.24) is 4.90 Å². The van der Waals surface area contributed by atoms with E-state index >= 15 is 0 Å². The Morgan fingerprint density at radius 3 is 2.35 bits per heavy atom. The van der Waals surface area contributed by atoms with Crippen LogP contribution in [-0.4, -0.2) is 61.3 Å². The van der Waals surface area contributed by atoms with Crippen LogP contribution < -0.4 is 10.6 Å². The fourth-order valence-corrected chi connectivity index (χ4v) is 2.51. The van der Waals surface area contributed by atoms with Gasteiger partial charge in [-0.2, -0.15) is 0 Å². The molecule has 1 fully saturated rings. The molecule has 1 aliphatic rings. The minimum absolute atomic E-state index is 0.277. The van der Waals surface area contributed by atoms with E-state index in [1.165, 1.54) is 0 Å². The van der Waals surface area contributed by atoms with Gasteiger partial charge in [-0.1, -0.05) is 6.07 Å². The number of nitrogens with two attached hydrogens (primary N) is 1. The molecule has 0 bridgehead atoms. The molecule has 0 radical (unpaired) electrons. The molecule has 0 saturated carbocycles. The van der Waals surface area contributed by atoms with Crippen molar-refractivity contribution in [3.8, 4) is 0 Å². The number of rotatable bonds is 3. The van der Waals surface area contributed by atoms with E-state index < -0.39 is 17.5 Å². The van der Waals surface area contributed by atoms with Crippen LogP contribution in [0.5, 0.6) is 0 Å². The average Bonchev–Trinajstić information content (AvgIpc) is 2.60. The van der Waals surface area contributed by atoms with Crippen LogP contribution in [-0.2, 0) is 14.3 Å². The van der Waals surface area contributed by atoms with E-state index in [0.717, 1.165) is 5.69 Å². The average molecular weight is 363 g/mol. The van der Waals surface area contributed by atoms with Crippen molar-refractivity contribution in [1.29, 1.82) is 0 Å². The van der Waals surface area contributed by atoms with E-state index in [0.29, 0.717) is 26.2 Å². The van der Waals surface area contributed by atoms with Gasteiger partial charge in [0.1, 0.15) is 5.60 Å². The molecule has 0 unspecified atom stereocenters. The standard InChI is InChI=1S/C18H25N3O5/c1-18(2,3)26-17(24)21-9-7-20(8-10-21)14-6-4-5-13(11-14)16(23)25-15(22)12-19/h4-6,11H,7-10,12,19H2,1-3H3. The predicted octanol–water partition coefficient (Wildman–Crippen LogP) is 1.39. The number of carbonyl (C=O) groups is 3. The van der Waals surface area contributed by atoms with E-state index in [1.54, 1.807) is 23.1 Å². The third-order valence-corrected chi connectivity index (χ3v) is 3.75. The Kier molecular flexibility index (Phi) is 6.20. The SMILES string of the molecule is CC(C)(C)OC(=O)N1CCN(c2cccc(C(=O)OC(=O)CN)c2)CC1. The lowest BCUT2D eigenvalue weighted by Crippen LogP contribution is -2.50. The second-order valence-corrected chi connectivity index (χ2v) is 6.97. The number of piperazine rings is 1. The lowest BCUT2D eigenvalue weighted by molar-refractivity contribution is -0.136. The van der Waals surface area contributed by atoms with Crippen molar-refractivity contribution < 1.29 is 23.9 Å². The summed E-state index contributed by atoms with van der Waals surface area (Å²) in [6, 6.07) is 6.83. The predicted molar refractivity (Wildman–Crippen MR) is 95.9 cm³/mol. The van der Waals surface area contributed by atoms with Crippen LogP contribution in [0.15, 0.2) is 24.3 Å². The van der Waals surface area contributed by atoms with Crippen molar-refractivity contribution in [2.24, 2.45) is 5.73 Å². The summed E-state index contributed by atoms with van der Waals surface area (Å²) in [5.41, 5.74) is 5.72. The van der Waals surface area contributed by atoms with E-state index in [-0.39, 0.29) is 18.2 Å². The molecule has 1 aromatic rings. The van der Waals surface area contributed by atoms with Gasteiger partial charge >= 0.3 is 18.0 Å². The molecule has 0 spiro atoms. The molecule has 0 atom stereocenters. The highest BCUT2D eigenvalue weighted by Crippen LogP contribution is 2.20. The molecule has 0 aromatic heterocycles. The van der Waals surface area contributed by atoms with Gasteiger partial charge in [-0.3, -0.25) is 4.79 Å². The van der Waals surface area contributed by atoms with Crippen LogP contribution >= 0.6 is 0 Å². The second-order valence-electron chi connectivity index (χ2n) is 6.97. The Labute approximate surface area is 152 Å². The molecule has 1 amide bonds. The van der Waals surface area contributed by atoms with Gasteiger partial charge in [-0.25, -0.2) is 9.59 Å². The minimum atomic E-state index is -0.772. The molecule has 2 N–H and O–H groups in total. The van der Waals surface area contributed by atoms with Crippen LogP contribution in [0.25, 0.3) is 0 Å². The van der Waals surface area contributed by atoms with E-state index in [1.807, 2.05) is 26.8 Å². The number of anilines is 1. The molecule has 2 rings (SSSR count). The van der Waals surface area contributed by atoms with Crippen molar-refractivity contribution in [3.63, 3.8) is 0 Å². The van der Waals surface area contributed by atoms with Crippen molar-refractivity contribution in [3.05, 3.63) is 29.8 Å². The number of hydrogen-bond donors (Lipinski definition) is 1. The molecule has 1 aromatic carbocycles. The monoisotopic (exact) mass is 363 g/mol. The van der Waals surface area contributed by atoms with Crippen LogP contribution in [0.1, 0.15) is 31.1 Å². The van der Waals surface area contributed by atoms with Crippen LogP contribution in [0.3, 0.4) is 0 Å². The molecular formula is C18H25N3O5. The first kappa shape index (κ1) is 19.7. The zero-order valence-corrected chi connectivity index (χ0v) is 15.4. The van der Waals surface area contributed by atoms with Crippen molar-refractivity contribution in [2.45, 2.75) is 26.4 Å². The Bertz CT molecular complexity index is 676. The zero-order chi connectivity index (χ0) is 19.3. The first-order chi connectivity index (χ1) is 12.2. The smallest absolute Gasteiger partial charge is 0.410 e. The fraction of sp³-hybridized carbons (Fsp3) is 0.500. The minimum Gasteiger partial charge on any atom is -0.444 e. The molecule has 8 nitrogen and oxygen atoms in total. The second kappa shape index (κ2) is 8.18. The molecule has 1 heterocycles. The zero-order valence-electron chi connectivity index (χ0n) is 15.4. The summed E-state index contributed by atoms with van der Waals surface area (Å²) in [5, 5.41) is 0. The van der Waals surface area contributed by atoms with Gasteiger partial charge in [-0.05, 0) is 39.0 Å². The maximum absolute atomic E-state index is 12.1. The third kappa shape index (κ3) is 5.45. The number of esters is 2. The van der Waals surface area contributed by atoms with Gasteiger partial charge in [0.25, 0.3) is 0 Å². The Hall–Kier alpha value is -2.61. The van der Waals surface area contributed by atoms with Gasteiger partial charge < -0.3 is 25.0 Å². The van der Waals surface area contributed by atoms with Crippen LogP contribution in [0, 0.1) is 0 Å². The summed E-state index contributed by atoms with van der Waals surface area (Å²) < 4.78 is 10.0. The highest BCUT2D eigenvalue weighted by molar-refractivity contribution is 5.97. The first-order valence-corrected chi connectivity index (χ1v) is 8.47. The van der Waals surface area contributed by atoms with Crippen molar-refractivity contribution in [2.75, 3.05) is 37.6 Å². The first-order valence-electron chi connectivity index (χ1n) is 8.47. The molecule has 26 heavy (non-hydrogen) atoms. The fourth-order valence-electron chi connectivity index (χ4n) is 2.51. The van der Waals surface area contributed by atoms with Crippen molar-refractivity contribution >= 4 is 23.7 Å². The van der Waals surface area contributed by atoms with Gasteiger partial charge in [-0.15, -0.1) is 0 Å². The summed E-state index contributed by atoms with van der Waals surface area (Å²) in [6.07, 6.45) is -0.324. The van der Waals surface area contributed by atoms with E-state index in [9.17, 15) is 14.4 Å².